The van der Waals surface area contributed by atoms with Gasteiger partial charge in [0.05, 0.1) is 0 Å². The van der Waals surface area contributed by atoms with Crippen molar-refractivity contribution in [1.29, 1.82) is 0 Å². The maximum Gasteiger partial charge on any atom is 0.129 e. The lowest BCUT2D eigenvalue weighted by Crippen LogP contribution is -2.21. The molecule has 0 aromatic heterocycles. The second kappa shape index (κ2) is 6.48. The van der Waals surface area contributed by atoms with E-state index >= 15 is 0 Å². The summed E-state index contributed by atoms with van der Waals surface area (Å²) >= 11 is 0. The van der Waals surface area contributed by atoms with Crippen molar-refractivity contribution in [3.05, 3.63) is 29.6 Å². The third kappa shape index (κ3) is 3.20. The van der Waals surface area contributed by atoms with E-state index in [-0.39, 0.29) is 5.82 Å². The van der Waals surface area contributed by atoms with E-state index in [1.54, 1.807) is 6.07 Å². The number of nitrogens with zero attached hydrogens (tertiary/aromatic N) is 1. The summed E-state index contributed by atoms with van der Waals surface area (Å²) in [7, 11) is 3.85. The molecule has 1 N–H and O–H groups in total. The van der Waals surface area contributed by atoms with Gasteiger partial charge in [-0.2, -0.15) is 0 Å². The maximum absolute atomic E-state index is 13.7. The van der Waals surface area contributed by atoms with Gasteiger partial charge in [0.25, 0.3) is 0 Å². The first-order valence-electron chi connectivity index (χ1n) is 5.83. The summed E-state index contributed by atoms with van der Waals surface area (Å²) in [6.07, 6.45) is 2.28. The highest BCUT2D eigenvalue weighted by molar-refractivity contribution is 5.53. The third-order valence-corrected chi connectivity index (χ3v) is 2.71. The Morgan fingerprint density at radius 3 is 2.75 bits per heavy atom. The zero-order valence-corrected chi connectivity index (χ0v) is 10.4. The molecule has 90 valence electrons. The predicted octanol–water partition coefficient (Wildman–Crippen LogP) is 2.78. The fourth-order valence-corrected chi connectivity index (χ4v) is 1.77. The van der Waals surface area contributed by atoms with Crippen LogP contribution < -0.4 is 10.2 Å². The summed E-state index contributed by atoms with van der Waals surface area (Å²) in [5, 5.41) is 3.01. The van der Waals surface area contributed by atoms with Crippen LogP contribution in [0.25, 0.3) is 0 Å². The fourth-order valence-electron chi connectivity index (χ4n) is 1.77. The van der Waals surface area contributed by atoms with Crippen LogP contribution in [0.2, 0.25) is 0 Å². The number of halogens is 1. The number of anilines is 1. The summed E-state index contributed by atoms with van der Waals surface area (Å²) in [6, 6.07) is 5.27. The van der Waals surface area contributed by atoms with E-state index in [9.17, 15) is 4.39 Å². The highest BCUT2D eigenvalue weighted by atomic mass is 19.1. The highest BCUT2D eigenvalue weighted by Crippen LogP contribution is 2.22. The Morgan fingerprint density at radius 1 is 1.38 bits per heavy atom. The molecule has 2 nitrogen and oxygen atoms in total. The van der Waals surface area contributed by atoms with E-state index in [1.165, 1.54) is 6.07 Å². The molecule has 3 heteroatoms. The van der Waals surface area contributed by atoms with Crippen LogP contribution in [0.15, 0.2) is 18.2 Å². The summed E-state index contributed by atoms with van der Waals surface area (Å²) in [5.41, 5.74) is 1.74. The van der Waals surface area contributed by atoms with Crippen LogP contribution >= 0.6 is 0 Å². The highest BCUT2D eigenvalue weighted by Gasteiger charge is 2.10. The lowest BCUT2D eigenvalue weighted by atomic mass is 10.1. The SMILES string of the molecule is CCCCN(C)c1cccc(F)c1CNC. The molecule has 0 aliphatic heterocycles. The molecule has 0 unspecified atom stereocenters. The maximum atomic E-state index is 13.7. The van der Waals surface area contributed by atoms with Crippen LogP contribution in [-0.4, -0.2) is 20.6 Å². The zero-order chi connectivity index (χ0) is 12.0. The Kier molecular flexibility index (Phi) is 5.26. The first-order chi connectivity index (χ1) is 7.70. The summed E-state index contributed by atoms with van der Waals surface area (Å²) < 4.78 is 13.7. The van der Waals surface area contributed by atoms with Crippen LogP contribution in [0, 0.1) is 5.82 Å². The second-order valence-electron chi connectivity index (χ2n) is 4.04. The van der Waals surface area contributed by atoms with Gasteiger partial charge in [-0.15, -0.1) is 0 Å². The zero-order valence-electron chi connectivity index (χ0n) is 10.4. The van der Waals surface area contributed by atoms with Crippen molar-refractivity contribution in [3.8, 4) is 0 Å². The van der Waals surface area contributed by atoms with Gasteiger partial charge in [0.2, 0.25) is 0 Å². The first kappa shape index (κ1) is 13.0. The Morgan fingerprint density at radius 2 is 2.12 bits per heavy atom. The molecular formula is C13H21FN2. The number of hydrogen-bond donors (Lipinski definition) is 1. The van der Waals surface area contributed by atoms with Crippen LogP contribution in [0.1, 0.15) is 25.3 Å². The molecule has 0 radical (unpaired) electrons. The van der Waals surface area contributed by atoms with E-state index in [1.807, 2.05) is 20.2 Å². The second-order valence-corrected chi connectivity index (χ2v) is 4.04. The quantitative estimate of drug-likeness (QED) is 0.799. The van der Waals surface area contributed by atoms with Crippen LogP contribution in [0.3, 0.4) is 0 Å². The van der Waals surface area contributed by atoms with Gasteiger partial charge in [-0.05, 0) is 25.6 Å². The molecule has 0 aliphatic rings. The number of unbranched alkanes of at least 4 members (excludes halogenated alkanes) is 1. The molecule has 0 spiro atoms. The van der Waals surface area contributed by atoms with Gasteiger partial charge in [0.1, 0.15) is 5.82 Å². The normalized spacial score (nSPS) is 10.5. The average Bonchev–Trinajstić information content (AvgIpc) is 2.29. The fraction of sp³-hybridized carbons (Fsp3) is 0.538. The van der Waals surface area contributed by atoms with Crippen molar-refractivity contribution in [2.75, 3.05) is 25.5 Å². The molecule has 0 aliphatic carbocycles. The van der Waals surface area contributed by atoms with Crippen molar-refractivity contribution in [2.45, 2.75) is 26.3 Å². The lowest BCUT2D eigenvalue weighted by Gasteiger charge is -2.22. The standard InChI is InChI=1S/C13H21FN2/c1-4-5-9-16(3)13-8-6-7-12(14)11(13)10-15-2/h6-8,15H,4-5,9-10H2,1-3H3. The summed E-state index contributed by atoms with van der Waals surface area (Å²) in [5.74, 6) is -0.129. The molecule has 0 fully saturated rings. The van der Waals surface area contributed by atoms with Crippen molar-refractivity contribution in [2.24, 2.45) is 0 Å². The van der Waals surface area contributed by atoms with Gasteiger partial charge in [-0.1, -0.05) is 19.4 Å². The molecular weight excluding hydrogens is 203 g/mol. The van der Waals surface area contributed by atoms with Crippen LogP contribution in [0.4, 0.5) is 10.1 Å². The van der Waals surface area contributed by atoms with Crippen molar-refractivity contribution >= 4 is 5.69 Å². The summed E-state index contributed by atoms with van der Waals surface area (Å²) in [4.78, 5) is 2.12. The van der Waals surface area contributed by atoms with E-state index in [4.69, 9.17) is 0 Å². The molecule has 0 heterocycles. The molecule has 1 rings (SSSR count). The number of benzene rings is 1. The van der Waals surface area contributed by atoms with Gasteiger partial charge in [0, 0.05) is 31.4 Å². The van der Waals surface area contributed by atoms with Gasteiger partial charge in [-0.3, -0.25) is 0 Å². The minimum Gasteiger partial charge on any atom is -0.374 e. The Balaban J connectivity index is 2.88. The predicted molar refractivity (Wildman–Crippen MR) is 67.3 cm³/mol. The van der Waals surface area contributed by atoms with Crippen molar-refractivity contribution in [1.82, 2.24) is 5.32 Å². The molecule has 0 bridgehead atoms. The van der Waals surface area contributed by atoms with Gasteiger partial charge in [0.15, 0.2) is 0 Å². The monoisotopic (exact) mass is 224 g/mol. The van der Waals surface area contributed by atoms with Crippen molar-refractivity contribution < 1.29 is 4.39 Å². The number of rotatable bonds is 6. The molecule has 1 aromatic rings. The van der Waals surface area contributed by atoms with E-state index in [2.05, 4.69) is 17.1 Å². The Hall–Kier alpha value is -1.09. The van der Waals surface area contributed by atoms with E-state index in [0.29, 0.717) is 6.54 Å². The van der Waals surface area contributed by atoms with E-state index < -0.39 is 0 Å². The molecule has 0 amide bonds. The molecule has 0 atom stereocenters. The van der Waals surface area contributed by atoms with Crippen LogP contribution in [-0.2, 0) is 6.54 Å². The smallest absolute Gasteiger partial charge is 0.129 e. The first-order valence-corrected chi connectivity index (χ1v) is 5.83. The lowest BCUT2D eigenvalue weighted by molar-refractivity contribution is 0.599. The average molecular weight is 224 g/mol. The molecule has 16 heavy (non-hydrogen) atoms. The third-order valence-electron chi connectivity index (χ3n) is 2.71. The Labute approximate surface area is 97.5 Å². The van der Waals surface area contributed by atoms with Gasteiger partial charge < -0.3 is 10.2 Å². The topological polar surface area (TPSA) is 15.3 Å². The number of nitrogens with one attached hydrogen (secondary N) is 1. The molecule has 0 saturated carbocycles. The minimum absolute atomic E-state index is 0.129. The van der Waals surface area contributed by atoms with Gasteiger partial charge in [-0.25, -0.2) is 4.39 Å². The number of hydrogen-bond acceptors (Lipinski definition) is 2. The molecule has 1 aromatic carbocycles. The van der Waals surface area contributed by atoms with Gasteiger partial charge >= 0.3 is 0 Å². The largest absolute Gasteiger partial charge is 0.374 e. The van der Waals surface area contributed by atoms with Crippen LogP contribution in [0.5, 0.6) is 0 Å². The van der Waals surface area contributed by atoms with E-state index in [0.717, 1.165) is 30.6 Å². The molecule has 0 saturated heterocycles. The minimum atomic E-state index is -0.129. The summed E-state index contributed by atoms with van der Waals surface area (Å²) in [6.45, 7) is 3.70. The van der Waals surface area contributed by atoms with Crippen molar-refractivity contribution in [3.63, 3.8) is 0 Å². The Bertz CT molecular complexity index is 326.